The minimum absolute atomic E-state index is 0.0136. The predicted molar refractivity (Wildman–Crippen MR) is 167 cm³/mol. The summed E-state index contributed by atoms with van der Waals surface area (Å²) in [4.78, 5) is 28.9. The molecule has 0 aliphatic carbocycles. The molecule has 0 N–H and O–H groups in total. The van der Waals surface area contributed by atoms with Gasteiger partial charge in [0.2, 0.25) is 5.91 Å². The normalized spacial score (nSPS) is 15.5. The first-order valence-corrected chi connectivity index (χ1v) is 15.9. The lowest BCUT2D eigenvalue weighted by Gasteiger charge is -2.40. The van der Waals surface area contributed by atoms with Crippen molar-refractivity contribution in [2.24, 2.45) is 0 Å². The second-order valence-corrected chi connectivity index (χ2v) is 12.2. The Kier molecular flexibility index (Phi) is 10.4. The number of methoxy groups -OCH3 is 1. The number of carbonyl (C=O) groups excluding carboxylic acids is 2. The highest BCUT2D eigenvalue weighted by molar-refractivity contribution is 7.99. The molecule has 1 aliphatic rings. The lowest BCUT2D eigenvalue weighted by atomic mass is 10.0. The molecule has 0 spiro atoms. The van der Waals surface area contributed by atoms with Crippen molar-refractivity contribution >= 4 is 23.6 Å². The molecule has 0 radical (unpaired) electrons. The third-order valence-electron chi connectivity index (χ3n) is 7.82. The highest BCUT2D eigenvalue weighted by Gasteiger charge is 2.39. The zero-order valence-corrected chi connectivity index (χ0v) is 26.7. The van der Waals surface area contributed by atoms with Crippen molar-refractivity contribution in [2.45, 2.75) is 43.3 Å². The molecule has 8 nitrogen and oxygen atoms in total. The number of hydrogen-bond donors (Lipinski definition) is 0. The number of carbonyl (C=O) groups is 2. The van der Waals surface area contributed by atoms with Gasteiger partial charge in [-0.2, -0.15) is 26.3 Å². The van der Waals surface area contributed by atoms with E-state index in [4.69, 9.17) is 4.74 Å². The Balaban J connectivity index is 1.20. The van der Waals surface area contributed by atoms with Crippen LogP contribution in [-0.2, 0) is 17.1 Å². The minimum Gasteiger partial charge on any atom is -0.497 e. The van der Waals surface area contributed by atoms with Gasteiger partial charge in [-0.3, -0.25) is 14.2 Å². The number of rotatable bonds is 9. The van der Waals surface area contributed by atoms with E-state index in [1.54, 1.807) is 18.9 Å². The maximum atomic E-state index is 13.3. The highest BCUT2D eigenvalue weighted by Crippen LogP contribution is 2.37. The Bertz CT molecular complexity index is 1730. The van der Waals surface area contributed by atoms with Gasteiger partial charge in [-0.05, 0) is 55.8 Å². The summed E-state index contributed by atoms with van der Waals surface area (Å²) >= 11 is 1.44. The number of piperazine rings is 1. The molecule has 0 bridgehead atoms. The molecule has 2 amide bonds. The molecular weight excluding hydrogens is 660 g/mol. The average Bonchev–Trinajstić information content (AvgIpc) is 3.49. The third kappa shape index (κ3) is 7.94. The Morgan fingerprint density at radius 3 is 2.21 bits per heavy atom. The summed E-state index contributed by atoms with van der Waals surface area (Å²) in [5.41, 5.74) is -2.15. The third-order valence-corrected chi connectivity index (χ3v) is 8.83. The smallest absolute Gasteiger partial charge is 0.416 e. The lowest BCUT2D eigenvalue weighted by molar-refractivity contribution is -0.143. The molecule has 1 aromatic heterocycles. The van der Waals surface area contributed by atoms with Gasteiger partial charge in [0.25, 0.3) is 5.91 Å². The summed E-state index contributed by atoms with van der Waals surface area (Å²) in [6.07, 6.45) is -9.45. The van der Waals surface area contributed by atoms with Gasteiger partial charge in [-0.15, -0.1) is 10.2 Å². The van der Waals surface area contributed by atoms with E-state index < -0.39 is 41.0 Å². The number of halogens is 6. The summed E-state index contributed by atoms with van der Waals surface area (Å²) in [6.45, 7) is 1.75. The number of nitrogens with zero attached hydrogens (tertiary/aromatic N) is 5. The maximum Gasteiger partial charge on any atom is 0.416 e. The molecule has 48 heavy (non-hydrogen) atoms. The summed E-state index contributed by atoms with van der Waals surface area (Å²) in [7, 11) is 1.58. The van der Waals surface area contributed by atoms with Crippen LogP contribution in [0.15, 0.2) is 78.0 Å². The molecule has 2 heterocycles. The Hall–Kier alpha value is -4.53. The first-order valence-electron chi connectivity index (χ1n) is 14.9. The quantitative estimate of drug-likeness (QED) is 0.105. The summed E-state index contributed by atoms with van der Waals surface area (Å²) < 4.78 is 87.3. The Morgan fingerprint density at radius 2 is 1.58 bits per heavy atom. The van der Waals surface area contributed by atoms with Gasteiger partial charge in [0, 0.05) is 54.7 Å². The lowest BCUT2D eigenvalue weighted by Crippen LogP contribution is -2.55. The van der Waals surface area contributed by atoms with E-state index in [0.717, 1.165) is 11.3 Å². The standard InChI is InChI=1S/C33H31F6N5O3S/c1-21-20-42(13-14-43(21)30(46)23-16-24(32(34,35)36)19-25(17-23)33(37,38)39)28(45)12-7-15-48-31-41-40-29(22-8-6-11-27(18-22)47-2)44(31)26-9-4-3-5-10-26/h3-6,8-11,16-19,21H,7,12-15,20H2,1-2H3. The van der Waals surface area contributed by atoms with Crippen molar-refractivity contribution in [2.75, 3.05) is 32.5 Å². The Labute approximate surface area is 276 Å². The topological polar surface area (TPSA) is 80.6 Å². The molecule has 1 unspecified atom stereocenters. The van der Waals surface area contributed by atoms with E-state index in [0.29, 0.717) is 41.0 Å². The van der Waals surface area contributed by atoms with Gasteiger partial charge in [0.15, 0.2) is 11.0 Å². The number of para-hydroxylation sites is 1. The van der Waals surface area contributed by atoms with Crippen LogP contribution in [0.4, 0.5) is 26.3 Å². The number of alkyl halides is 6. The van der Waals surface area contributed by atoms with E-state index in [-0.39, 0.29) is 38.0 Å². The van der Waals surface area contributed by atoms with E-state index in [2.05, 4.69) is 10.2 Å². The SMILES string of the molecule is COc1cccc(-c2nnc(SCCCC(=O)N3CCN(C(=O)c4cc(C(F)(F)F)cc(C(F)(F)F)c4)C(C)C3)n2-c2ccccc2)c1. The van der Waals surface area contributed by atoms with Crippen molar-refractivity contribution < 1.29 is 40.7 Å². The van der Waals surface area contributed by atoms with Crippen LogP contribution in [0.1, 0.15) is 41.3 Å². The fraction of sp³-hybridized carbons (Fsp3) is 0.333. The van der Waals surface area contributed by atoms with Crippen molar-refractivity contribution in [3.63, 3.8) is 0 Å². The molecular formula is C33H31F6N5O3S. The van der Waals surface area contributed by atoms with Crippen LogP contribution in [0.2, 0.25) is 0 Å². The van der Waals surface area contributed by atoms with E-state index in [9.17, 15) is 35.9 Å². The molecule has 15 heteroatoms. The van der Waals surface area contributed by atoms with Crippen LogP contribution in [-0.4, -0.2) is 74.9 Å². The molecule has 3 aromatic carbocycles. The maximum absolute atomic E-state index is 13.3. The summed E-state index contributed by atoms with van der Waals surface area (Å²) in [6, 6.07) is 17.3. The van der Waals surface area contributed by atoms with Gasteiger partial charge >= 0.3 is 12.4 Å². The van der Waals surface area contributed by atoms with Crippen molar-refractivity contribution in [1.82, 2.24) is 24.6 Å². The zero-order valence-electron chi connectivity index (χ0n) is 25.9. The number of hydrogen-bond acceptors (Lipinski definition) is 6. The fourth-order valence-electron chi connectivity index (χ4n) is 5.40. The summed E-state index contributed by atoms with van der Waals surface area (Å²) in [5, 5.41) is 9.47. The van der Waals surface area contributed by atoms with Crippen LogP contribution in [0.5, 0.6) is 5.75 Å². The number of benzene rings is 3. The predicted octanol–water partition coefficient (Wildman–Crippen LogP) is 7.23. The zero-order chi connectivity index (χ0) is 34.6. The molecule has 0 saturated carbocycles. The molecule has 5 rings (SSSR count). The molecule has 1 fully saturated rings. The number of aromatic nitrogens is 3. The highest BCUT2D eigenvalue weighted by atomic mass is 32.2. The van der Waals surface area contributed by atoms with E-state index in [1.165, 1.54) is 16.7 Å². The summed E-state index contributed by atoms with van der Waals surface area (Å²) in [5.74, 6) is 0.710. The molecule has 4 aromatic rings. The van der Waals surface area contributed by atoms with Gasteiger partial charge in [0.05, 0.1) is 18.2 Å². The number of amides is 2. The van der Waals surface area contributed by atoms with Gasteiger partial charge in [0.1, 0.15) is 5.75 Å². The second-order valence-electron chi connectivity index (χ2n) is 11.1. The van der Waals surface area contributed by atoms with Gasteiger partial charge in [-0.25, -0.2) is 0 Å². The van der Waals surface area contributed by atoms with E-state index >= 15 is 0 Å². The van der Waals surface area contributed by atoms with E-state index in [1.807, 2.05) is 59.2 Å². The molecule has 1 atom stereocenters. The first kappa shape index (κ1) is 34.8. The van der Waals surface area contributed by atoms with Crippen LogP contribution < -0.4 is 4.74 Å². The van der Waals surface area contributed by atoms with Crippen LogP contribution in [0, 0.1) is 0 Å². The number of thioether (sulfide) groups is 1. The van der Waals surface area contributed by atoms with Crippen LogP contribution >= 0.6 is 11.8 Å². The second kappa shape index (κ2) is 14.3. The van der Waals surface area contributed by atoms with Gasteiger partial charge < -0.3 is 14.5 Å². The monoisotopic (exact) mass is 691 g/mol. The molecule has 254 valence electrons. The van der Waals surface area contributed by atoms with Crippen LogP contribution in [0.25, 0.3) is 17.1 Å². The van der Waals surface area contributed by atoms with Crippen molar-refractivity contribution in [3.8, 4) is 22.8 Å². The minimum atomic E-state index is -5.07. The van der Waals surface area contributed by atoms with Crippen LogP contribution in [0.3, 0.4) is 0 Å². The number of ether oxygens (including phenoxy) is 1. The van der Waals surface area contributed by atoms with Crippen molar-refractivity contribution in [1.29, 1.82) is 0 Å². The Morgan fingerprint density at radius 1 is 0.896 bits per heavy atom. The average molecular weight is 692 g/mol. The first-order chi connectivity index (χ1) is 22.8. The molecule has 1 saturated heterocycles. The van der Waals surface area contributed by atoms with Crippen molar-refractivity contribution in [3.05, 3.63) is 89.5 Å². The largest absolute Gasteiger partial charge is 0.497 e. The van der Waals surface area contributed by atoms with Gasteiger partial charge in [-0.1, -0.05) is 42.1 Å². The fourth-order valence-corrected chi connectivity index (χ4v) is 6.29. The molecule has 1 aliphatic heterocycles.